The number of carbonyl (C=O) groups is 1. The lowest BCUT2D eigenvalue weighted by molar-refractivity contribution is -0.121. The summed E-state index contributed by atoms with van der Waals surface area (Å²) in [6.07, 6.45) is 0. The predicted molar refractivity (Wildman–Crippen MR) is 49.4 cm³/mol. The number of likely N-dealkylation sites (N-methyl/N-ethyl adjacent to an activating group) is 1. The Morgan fingerprint density at radius 1 is 1.54 bits per heavy atom. The number of amides is 1. The van der Waals surface area contributed by atoms with Crippen LogP contribution in [-0.4, -0.2) is 45.4 Å². The SMILES string of the molecule is CCNC(COCCOC)C(N)=O. The first-order chi connectivity index (χ1) is 6.22. The van der Waals surface area contributed by atoms with Gasteiger partial charge in [-0.1, -0.05) is 6.92 Å². The minimum Gasteiger partial charge on any atom is -0.382 e. The molecule has 0 rings (SSSR count). The molecule has 3 N–H and O–H groups in total. The zero-order valence-electron chi connectivity index (χ0n) is 8.21. The molecule has 0 aromatic carbocycles. The standard InChI is InChI=1S/C8H18N2O3/c1-3-10-7(8(9)11)6-13-5-4-12-2/h7,10H,3-6H2,1-2H3,(H2,9,11). The van der Waals surface area contributed by atoms with E-state index in [0.29, 0.717) is 26.4 Å². The van der Waals surface area contributed by atoms with Crippen LogP contribution in [0.15, 0.2) is 0 Å². The zero-order valence-corrected chi connectivity index (χ0v) is 8.21. The van der Waals surface area contributed by atoms with Crippen LogP contribution in [0.4, 0.5) is 0 Å². The average Bonchev–Trinajstić information content (AvgIpc) is 2.10. The molecule has 5 nitrogen and oxygen atoms in total. The third-order valence-electron chi connectivity index (χ3n) is 1.51. The van der Waals surface area contributed by atoms with Crippen molar-refractivity contribution < 1.29 is 14.3 Å². The molecule has 0 aromatic heterocycles. The van der Waals surface area contributed by atoms with Gasteiger partial charge in [0.25, 0.3) is 0 Å². The van der Waals surface area contributed by atoms with Gasteiger partial charge in [-0.3, -0.25) is 4.79 Å². The molecule has 0 aromatic rings. The molecule has 0 saturated carbocycles. The number of hydrogen-bond acceptors (Lipinski definition) is 4. The lowest BCUT2D eigenvalue weighted by Crippen LogP contribution is -2.44. The van der Waals surface area contributed by atoms with Crippen molar-refractivity contribution in [1.82, 2.24) is 5.32 Å². The minimum atomic E-state index is -0.401. The number of nitrogens with one attached hydrogen (secondary N) is 1. The van der Waals surface area contributed by atoms with E-state index in [1.54, 1.807) is 7.11 Å². The third kappa shape index (κ3) is 6.51. The van der Waals surface area contributed by atoms with Gasteiger partial charge in [0.05, 0.1) is 19.8 Å². The molecule has 0 aliphatic heterocycles. The van der Waals surface area contributed by atoms with Crippen molar-refractivity contribution in [3.05, 3.63) is 0 Å². The Morgan fingerprint density at radius 2 is 2.23 bits per heavy atom. The van der Waals surface area contributed by atoms with Crippen molar-refractivity contribution in [1.29, 1.82) is 0 Å². The Bertz CT molecular complexity index is 141. The Hall–Kier alpha value is -0.650. The minimum absolute atomic E-state index is 0.298. The van der Waals surface area contributed by atoms with Crippen LogP contribution in [0.25, 0.3) is 0 Å². The topological polar surface area (TPSA) is 73.6 Å². The van der Waals surface area contributed by atoms with E-state index in [9.17, 15) is 4.79 Å². The molecular formula is C8H18N2O3. The van der Waals surface area contributed by atoms with Crippen LogP contribution in [-0.2, 0) is 14.3 Å². The lowest BCUT2D eigenvalue weighted by atomic mass is 10.3. The van der Waals surface area contributed by atoms with Gasteiger partial charge in [0.1, 0.15) is 6.04 Å². The lowest BCUT2D eigenvalue weighted by Gasteiger charge is -2.13. The number of carbonyl (C=O) groups excluding carboxylic acids is 1. The summed E-state index contributed by atoms with van der Waals surface area (Å²) in [5, 5.41) is 2.92. The van der Waals surface area contributed by atoms with Crippen molar-refractivity contribution in [3.8, 4) is 0 Å². The van der Waals surface area contributed by atoms with Crippen LogP contribution in [0, 0.1) is 0 Å². The summed E-state index contributed by atoms with van der Waals surface area (Å²) >= 11 is 0. The van der Waals surface area contributed by atoms with Gasteiger partial charge in [0.2, 0.25) is 5.91 Å². The maximum Gasteiger partial charge on any atom is 0.236 e. The quantitative estimate of drug-likeness (QED) is 0.487. The fourth-order valence-electron chi connectivity index (χ4n) is 0.831. The number of rotatable bonds is 8. The maximum absolute atomic E-state index is 10.8. The summed E-state index contributed by atoms with van der Waals surface area (Å²) in [6.45, 7) is 3.90. The van der Waals surface area contributed by atoms with Gasteiger partial charge < -0.3 is 20.5 Å². The molecular weight excluding hydrogens is 172 g/mol. The molecule has 0 spiro atoms. The molecule has 5 heteroatoms. The van der Waals surface area contributed by atoms with Gasteiger partial charge in [-0.25, -0.2) is 0 Å². The van der Waals surface area contributed by atoms with Gasteiger partial charge in [-0.2, -0.15) is 0 Å². The number of hydrogen-bond donors (Lipinski definition) is 2. The number of primary amides is 1. The maximum atomic E-state index is 10.8. The molecule has 0 bridgehead atoms. The third-order valence-corrected chi connectivity index (χ3v) is 1.51. The summed E-state index contributed by atoms with van der Waals surface area (Å²) < 4.78 is 9.94. The Labute approximate surface area is 78.6 Å². The van der Waals surface area contributed by atoms with Crippen LogP contribution >= 0.6 is 0 Å². The van der Waals surface area contributed by atoms with Gasteiger partial charge in [-0.05, 0) is 6.54 Å². The first-order valence-corrected chi connectivity index (χ1v) is 4.31. The molecule has 0 saturated heterocycles. The number of methoxy groups -OCH3 is 1. The molecule has 0 radical (unpaired) electrons. The summed E-state index contributed by atoms with van der Waals surface area (Å²) in [7, 11) is 1.60. The Morgan fingerprint density at radius 3 is 2.69 bits per heavy atom. The molecule has 0 fully saturated rings. The molecule has 0 aliphatic rings. The van der Waals surface area contributed by atoms with E-state index in [2.05, 4.69) is 5.32 Å². The summed E-state index contributed by atoms with van der Waals surface area (Å²) in [5.74, 6) is -0.390. The van der Waals surface area contributed by atoms with E-state index in [1.165, 1.54) is 0 Å². The van der Waals surface area contributed by atoms with Gasteiger partial charge in [0, 0.05) is 7.11 Å². The largest absolute Gasteiger partial charge is 0.382 e. The first-order valence-electron chi connectivity index (χ1n) is 4.31. The van der Waals surface area contributed by atoms with E-state index in [-0.39, 0.29) is 5.91 Å². The van der Waals surface area contributed by atoms with E-state index in [1.807, 2.05) is 6.92 Å². The van der Waals surface area contributed by atoms with Crippen molar-refractivity contribution in [2.75, 3.05) is 33.5 Å². The van der Waals surface area contributed by atoms with Gasteiger partial charge in [-0.15, -0.1) is 0 Å². The van der Waals surface area contributed by atoms with Gasteiger partial charge in [0.15, 0.2) is 0 Å². The van der Waals surface area contributed by atoms with E-state index < -0.39 is 6.04 Å². The molecule has 1 atom stereocenters. The average molecular weight is 190 g/mol. The molecule has 0 heterocycles. The fourth-order valence-corrected chi connectivity index (χ4v) is 0.831. The smallest absolute Gasteiger partial charge is 0.236 e. The summed E-state index contributed by atoms with van der Waals surface area (Å²) in [5.41, 5.74) is 5.12. The van der Waals surface area contributed by atoms with Crippen molar-refractivity contribution in [2.24, 2.45) is 5.73 Å². The van der Waals surface area contributed by atoms with Crippen LogP contribution in [0.3, 0.4) is 0 Å². The Kier molecular flexibility index (Phi) is 7.57. The summed E-state index contributed by atoms with van der Waals surface area (Å²) in [6, 6.07) is -0.401. The predicted octanol–water partition coefficient (Wildman–Crippen LogP) is -0.887. The highest BCUT2D eigenvalue weighted by molar-refractivity contribution is 5.79. The van der Waals surface area contributed by atoms with Crippen LogP contribution < -0.4 is 11.1 Å². The van der Waals surface area contributed by atoms with Crippen molar-refractivity contribution in [2.45, 2.75) is 13.0 Å². The number of nitrogens with two attached hydrogens (primary N) is 1. The van der Waals surface area contributed by atoms with E-state index >= 15 is 0 Å². The normalized spacial score (nSPS) is 12.8. The van der Waals surface area contributed by atoms with Crippen LogP contribution in [0.5, 0.6) is 0 Å². The highest BCUT2D eigenvalue weighted by Gasteiger charge is 2.12. The zero-order chi connectivity index (χ0) is 10.1. The van der Waals surface area contributed by atoms with Crippen molar-refractivity contribution >= 4 is 5.91 Å². The second kappa shape index (κ2) is 7.97. The molecule has 1 unspecified atom stereocenters. The number of ether oxygens (including phenoxy) is 2. The van der Waals surface area contributed by atoms with Crippen LogP contribution in [0.2, 0.25) is 0 Å². The fraction of sp³-hybridized carbons (Fsp3) is 0.875. The second-order valence-corrected chi connectivity index (χ2v) is 2.58. The molecule has 0 aliphatic carbocycles. The van der Waals surface area contributed by atoms with Gasteiger partial charge >= 0.3 is 0 Å². The van der Waals surface area contributed by atoms with E-state index in [4.69, 9.17) is 15.2 Å². The first kappa shape index (κ1) is 12.3. The molecule has 78 valence electrons. The van der Waals surface area contributed by atoms with E-state index in [0.717, 1.165) is 0 Å². The Balaban J connectivity index is 3.51. The molecule has 1 amide bonds. The molecule has 13 heavy (non-hydrogen) atoms. The summed E-state index contributed by atoms with van der Waals surface area (Å²) in [4.78, 5) is 10.8. The van der Waals surface area contributed by atoms with Crippen molar-refractivity contribution in [3.63, 3.8) is 0 Å². The highest BCUT2D eigenvalue weighted by atomic mass is 16.5. The monoisotopic (exact) mass is 190 g/mol. The van der Waals surface area contributed by atoms with Crippen LogP contribution in [0.1, 0.15) is 6.92 Å². The highest BCUT2D eigenvalue weighted by Crippen LogP contribution is 1.85. The second-order valence-electron chi connectivity index (χ2n) is 2.58.